The van der Waals surface area contributed by atoms with E-state index >= 15 is 0 Å². The van der Waals surface area contributed by atoms with Gasteiger partial charge in [0.05, 0.1) is 25.3 Å². The van der Waals surface area contributed by atoms with Crippen LogP contribution in [0.1, 0.15) is 40.0 Å². The average Bonchev–Trinajstić information content (AvgIpc) is 2.59. The molecule has 1 aliphatic heterocycles. The third-order valence-electron chi connectivity index (χ3n) is 4.94. The van der Waals surface area contributed by atoms with E-state index in [-0.39, 0.29) is 6.54 Å². The smallest absolute Gasteiger partial charge is 0.409 e. The van der Waals surface area contributed by atoms with Crippen molar-refractivity contribution in [3.8, 4) is 0 Å². The highest BCUT2D eigenvalue weighted by atomic mass is 28.3. The zero-order valence-electron chi connectivity index (χ0n) is 19.8. The summed E-state index contributed by atoms with van der Waals surface area (Å²) in [7, 11) is 0.308. The number of amides is 2. The van der Waals surface area contributed by atoms with Crippen LogP contribution in [0.2, 0.25) is 25.7 Å². The van der Waals surface area contributed by atoms with Gasteiger partial charge in [0.2, 0.25) is 0 Å². The second kappa shape index (κ2) is 11.9. The molecule has 0 aromatic carbocycles. The van der Waals surface area contributed by atoms with Gasteiger partial charge in [-0.1, -0.05) is 19.6 Å². The van der Waals surface area contributed by atoms with Crippen LogP contribution < -0.4 is 5.32 Å². The number of nitrogens with one attached hydrogen (secondary N) is 1. The lowest BCUT2D eigenvalue weighted by Crippen LogP contribution is -2.50. The molecule has 1 fully saturated rings. The Labute approximate surface area is 182 Å². The SMILES string of the molecule is CN(C[C@@H](O)[C@H](CC1CCOCC1)NC(=O)OC(C)(C)C)C(=O)OCC[Si](C)(C)C. The van der Waals surface area contributed by atoms with Crippen molar-refractivity contribution in [1.82, 2.24) is 10.2 Å². The molecule has 1 aliphatic rings. The third kappa shape index (κ3) is 11.8. The Hall–Kier alpha value is -1.32. The Balaban J connectivity index is 2.66. The molecule has 0 saturated carbocycles. The molecule has 8 nitrogen and oxygen atoms in total. The van der Waals surface area contributed by atoms with Crippen molar-refractivity contribution in [2.24, 2.45) is 5.92 Å². The molecule has 30 heavy (non-hydrogen) atoms. The van der Waals surface area contributed by atoms with Crippen LogP contribution in [0.3, 0.4) is 0 Å². The molecule has 2 atom stereocenters. The van der Waals surface area contributed by atoms with Crippen molar-refractivity contribution in [2.75, 3.05) is 33.4 Å². The number of rotatable bonds is 9. The Kier molecular flexibility index (Phi) is 10.6. The fourth-order valence-electron chi connectivity index (χ4n) is 3.15. The topological polar surface area (TPSA) is 97.3 Å². The first-order valence-electron chi connectivity index (χ1n) is 10.9. The van der Waals surface area contributed by atoms with E-state index in [4.69, 9.17) is 14.2 Å². The maximum atomic E-state index is 12.3. The van der Waals surface area contributed by atoms with Crippen LogP contribution in [-0.2, 0) is 14.2 Å². The third-order valence-corrected chi connectivity index (χ3v) is 6.65. The Morgan fingerprint density at radius 3 is 2.37 bits per heavy atom. The standard InChI is InChI=1S/C21H42N2O6Si/c1-21(2,3)29-19(25)22-17(14-16-8-10-27-11-9-16)18(24)15-23(4)20(26)28-12-13-30(5,6)7/h16-18,24H,8-15H2,1-7H3,(H,22,25)/t17-,18+/m0/s1. The minimum absolute atomic E-state index is 0.0649. The number of hydrogen-bond donors (Lipinski definition) is 2. The summed E-state index contributed by atoms with van der Waals surface area (Å²) in [6.07, 6.45) is 0.396. The summed E-state index contributed by atoms with van der Waals surface area (Å²) in [5.74, 6) is 0.335. The largest absolute Gasteiger partial charge is 0.450 e. The van der Waals surface area contributed by atoms with Gasteiger partial charge in [0.15, 0.2) is 0 Å². The van der Waals surface area contributed by atoms with E-state index in [1.807, 2.05) is 0 Å². The number of aliphatic hydroxyl groups excluding tert-OH is 1. The normalized spacial score (nSPS) is 17.7. The Bertz CT molecular complexity index is 541. The van der Waals surface area contributed by atoms with Gasteiger partial charge in [-0.3, -0.25) is 0 Å². The van der Waals surface area contributed by atoms with Gasteiger partial charge >= 0.3 is 12.2 Å². The van der Waals surface area contributed by atoms with Crippen LogP contribution in [0.25, 0.3) is 0 Å². The first kappa shape index (κ1) is 26.7. The zero-order chi connectivity index (χ0) is 22.9. The number of carbonyl (C=O) groups excluding carboxylic acids is 2. The fraction of sp³-hybridized carbons (Fsp3) is 0.905. The van der Waals surface area contributed by atoms with Gasteiger partial charge in [-0.15, -0.1) is 0 Å². The second-order valence-electron chi connectivity index (χ2n) is 10.4. The molecule has 2 amide bonds. The van der Waals surface area contributed by atoms with Crippen molar-refractivity contribution >= 4 is 20.3 Å². The van der Waals surface area contributed by atoms with Crippen molar-refractivity contribution in [2.45, 2.75) is 83.5 Å². The predicted molar refractivity (Wildman–Crippen MR) is 119 cm³/mol. The molecule has 0 bridgehead atoms. The summed E-state index contributed by atoms with van der Waals surface area (Å²) in [6, 6.07) is 0.363. The van der Waals surface area contributed by atoms with Crippen LogP contribution in [0, 0.1) is 5.92 Å². The van der Waals surface area contributed by atoms with E-state index in [2.05, 4.69) is 25.0 Å². The van der Waals surface area contributed by atoms with E-state index < -0.39 is 38.0 Å². The molecular formula is C21H42N2O6Si. The lowest BCUT2D eigenvalue weighted by Gasteiger charge is -2.32. The summed E-state index contributed by atoms with van der Waals surface area (Å²) in [4.78, 5) is 25.9. The Morgan fingerprint density at radius 2 is 1.83 bits per heavy atom. The van der Waals surface area contributed by atoms with Crippen LogP contribution in [-0.4, -0.2) is 81.4 Å². The summed E-state index contributed by atoms with van der Waals surface area (Å²) < 4.78 is 16.1. The van der Waals surface area contributed by atoms with Gasteiger partial charge in [-0.05, 0) is 52.0 Å². The highest BCUT2D eigenvalue weighted by Gasteiger charge is 2.30. The van der Waals surface area contributed by atoms with Crippen molar-refractivity contribution < 1.29 is 28.9 Å². The Morgan fingerprint density at radius 1 is 1.23 bits per heavy atom. The maximum Gasteiger partial charge on any atom is 0.409 e. The summed E-state index contributed by atoms with van der Waals surface area (Å²) in [5, 5.41) is 13.6. The van der Waals surface area contributed by atoms with Gasteiger partial charge in [0, 0.05) is 28.3 Å². The lowest BCUT2D eigenvalue weighted by molar-refractivity contribution is 0.0240. The molecule has 2 N–H and O–H groups in total. The van der Waals surface area contributed by atoms with E-state index in [1.54, 1.807) is 27.8 Å². The molecule has 1 saturated heterocycles. The van der Waals surface area contributed by atoms with E-state index in [0.29, 0.717) is 32.2 Å². The molecular weight excluding hydrogens is 404 g/mol. The van der Waals surface area contributed by atoms with E-state index in [0.717, 1.165) is 18.9 Å². The lowest BCUT2D eigenvalue weighted by atomic mass is 9.90. The van der Waals surface area contributed by atoms with Gasteiger partial charge in [0.25, 0.3) is 0 Å². The molecule has 0 aliphatic carbocycles. The first-order valence-corrected chi connectivity index (χ1v) is 14.6. The molecule has 0 radical (unpaired) electrons. The number of nitrogens with zero attached hydrogens (tertiary/aromatic N) is 1. The highest BCUT2D eigenvalue weighted by Crippen LogP contribution is 2.22. The van der Waals surface area contributed by atoms with Gasteiger partial charge in [-0.2, -0.15) is 0 Å². The zero-order valence-corrected chi connectivity index (χ0v) is 20.8. The highest BCUT2D eigenvalue weighted by molar-refractivity contribution is 6.76. The summed E-state index contributed by atoms with van der Waals surface area (Å²) in [5.41, 5.74) is -0.630. The number of ether oxygens (including phenoxy) is 3. The monoisotopic (exact) mass is 446 g/mol. The van der Waals surface area contributed by atoms with Crippen LogP contribution in [0.15, 0.2) is 0 Å². The number of hydrogen-bond acceptors (Lipinski definition) is 6. The quantitative estimate of drug-likeness (QED) is 0.527. The van der Waals surface area contributed by atoms with Gasteiger partial charge in [-0.25, -0.2) is 9.59 Å². The van der Waals surface area contributed by atoms with Crippen molar-refractivity contribution in [3.63, 3.8) is 0 Å². The number of carbonyl (C=O) groups is 2. The van der Waals surface area contributed by atoms with Gasteiger partial charge < -0.3 is 29.5 Å². The molecule has 0 spiro atoms. The van der Waals surface area contributed by atoms with Crippen LogP contribution in [0.5, 0.6) is 0 Å². The van der Waals surface area contributed by atoms with E-state index in [1.165, 1.54) is 4.90 Å². The molecule has 0 aromatic rings. The van der Waals surface area contributed by atoms with Crippen molar-refractivity contribution in [1.29, 1.82) is 0 Å². The number of aliphatic hydroxyl groups is 1. The summed E-state index contributed by atoms with van der Waals surface area (Å²) in [6.45, 7) is 13.9. The first-order chi connectivity index (χ1) is 13.8. The molecule has 0 unspecified atom stereocenters. The molecule has 9 heteroatoms. The van der Waals surface area contributed by atoms with Crippen LogP contribution >= 0.6 is 0 Å². The molecule has 1 rings (SSSR count). The van der Waals surface area contributed by atoms with Crippen molar-refractivity contribution in [3.05, 3.63) is 0 Å². The minimum atomic E-state index is -1.29. The fourth-order valence-corrected chi connectivity index (χ4v) is 3.86. The number of likely N-dealkylation sites (N-methyl/N-ethyl adjacent to an activating group) is 1. The predicted octanol–water partition coefficient (Wildman–Crippen LogP) is 3.46. The minimum Gasteiger partial charge on any atom is -0.450 e. The molecule has 1 heterocycles. The maximum absolute atomic E-state index is 12.3. The number of alkyl carbamates (subject to hydrolysis) is 1. The molecule has 0 aromatic heterocycles. The molecule has 176 valence electrons. The van der Waals surface area contributed by atoms with Crippen LogP contribution in [0.4, 0.5) is 9.59 Å². The van der Waals surface area contributed by atoms with Gasteiger partial charge in [0.1, 0.15) is 5.60 Å². The van der Waals surface area contributed by atoms with E-state index in [9.17, 15) is 14.7 Å². The summed E-state index contributed by atoms with van der Waals surface area (Å²) >= 11 is 0. The second-order valence-corrected chi connectivity index (χ2v) is 16.0. The average molecular weight is 447 g/mol.